The average molecular weight is 265 g/mol. The van der Waals surface area contributed by atoms with Crippen molar-refractivity contribution in [3.63, 3.8) is 0 Å². The third kappa shape index (κ3) is 2.26. The van der Waals surface area contributed by atoms with Gasteiger partial charge in [-0.05, 0) is 12.8 Å². The number of carbonyl (C=O) groups is 1. The first kappa shape index (κ1) is 11.7. The van der Waals surface area contributed by atoms with E-state index in [2.05, 4.69) is 10.3 Å². The number of imidazole rings is 1. The van der Waals surface area contributed by atoms with E-state index in [1.807, 2.05) is 22.2 Å². The van der Waals surface area contributed by atoms with Crippen molar-refractivity contribution < 1.29 is 9.90 Å². The predicted molar refractivity (Wildman–Crippen MR) is 68.5 cm³/mol. The molecule has 2 N–H and O–H groups in total. The van der Waals surface area contributed by atoms with Crippen molar-refractivity contribution in [1.82, 2.24) is 14.7 Å². The Hall–Kier alpha value is -1.40. The minimum atomic E-state index is -0.0375. The molecule has 1 aliphatic rings. The molecule has 3 rings (SSSR count). The van der Waals surface area contributed by atoms with E-state index in [0.29, 0.717) is 13.0 Å². The van der Waals surface area contributed by atoms with Gasteiger partial charge in [-0.3, -0.25) is 9.20 Å². The highest BCUT2D eigenvalue weighted by molar-refractivity contribution is 7.15. The summed E-state index contributed by atoms with van der Waals surface area (Å²) in [4.78, 5) is 17.0. The molecule has 0 bridgehead atoms. The first-order valence-corrected chi connectivity index (χ1v) is 6.87. The highest BCUT2D eigenvalue weighted by Crippen LogP contribution is 2.44. The zero-order valence-corrected chi connectivity index (χ0v) is 10.7. The van der Waals surface area contributed by atoms with Crippen LogP contribution in [-0.4, -0.2) is 33.6 Å². The lowest BCUT2D eigenvalue weighted by Crippen LogP contribution is -2.32. The van der Waals surface area contributed by atoms with Gasteiger partial charge in [0, 0.05) is 29.7 Å². The van der Waals surface area contributed by atoms with Crippen LogP contribution in [0.4, 0.5) is 0 Å². The van der Waals surface area contributed by atoms with Gasteiger partial charge < -0.3 is 10.4 Å². The molecule has 0 unspecified atom stereocenters. The Bertz CT molecular complexity index is 542. The zero-order chi connectivity index (χ0) is 12.6. The van der Waals surface area contributed by atoms with Crippen molar-refractivity contribution in [2.24, 2.45) is 5.41 Å². The number of rotatable bonds is 5. The molecule has 0 radical (unpaired) electrons. The van der Waals surface area contributed by atoms with Crippen LogP contribution in [0.15, 0.2) is 17.8 Å². The van der Waals surface area contributed by atoms with Crippen LogP contribution in [0.1, 0.15) is 18.5 Å². The molecule has 1 aliphatic carbocycles. The molecule has 1 saturated carbocycles. The Labute approximate surface area is 108 Å². The first-order chi connectivity index (χ1) is 8.71. The molecule has 0 aromatic carbocycles. The Balaban J connectivity index is 1.56. The lowest BCUT2D eigenvalue weighted by atomic mass is 10.1. The monoisotopic (exact) mass is 265 g/mol. The molecule has 2 aromatic heterocycles. The van der Waals surface area contributed by atoms with Gasteiger partial charge in [0.05, 0.1) is 18.7 Å². The number of hydrogen-bond donors (Lipinski definition) is 2. The van der Waals surface area contributed by atoms with Gasteiger partial charge in [-0.1, -0.05) is 0 Å². The van der Waals surface area contributed by atoms with Crippen molar-refractivity contribution >= 4 is 22.2 Å². The molecule has 1 amide bonds. The summed E-state index contributed by atoms with van der Waals surface area (Å²) >= 11 is 1.55. The molecule has 1 fully saturated rings. The minimum absolute atomic E-state index is 0.0273. The maximum atomic E-state index is 11.8. The highest BCUT2D eigenvalue weighted by Gasteiger charge is 2.41. The molecule has 0 spiro atoms. The third-order valence-corrected chi connectivity index (χ3v) is 4.21. The molecule has 6 heteroatoms. The van der Waals surface area contributed by atoms with Gasteiger partial charge in [0.1, 0.15) is 0 Å². The van der Waals surface area contributed by atoms with Crippen LogP contribution < -0.4 is 5.32 Å². The molecule has 5 nitrogen and oxygen atoms in total. The lowest BCUT2D eigenvalue weighted by molar-refractivity contribution is -0.120. The Kier molecular flexibility index (Phi) is 2.83. The van der Waals surface area contributed by atoms with E-state index in [4.69, 9.17) is 5.11 Å². The summed E-state index contributed by atoms with van der Waals surface area (Å²) in [5.74, 6) is -0.0273. The van der Waals surface area contributed by atoms with Gasteiger partial charge >= 0.3 is 0 Å². The summed E-state index contributed by atoms with van der Waals surface area (Å²) in [6.45, 7) is 0.734. The number of fused-ring (bicyclic) bond motifs is 1. The van der Waals surface area contributed by atoms with Gasteiger partial charge in [-0.2, -0.15) is 0 Å². The quantitative estimate of drug-likeness (QED) is 0.841. The van der Waals surface area contributed by atoms with E-state index in [9.17, 15) is 4.79 Å². The second kappa shape index (κ2) is 4.37. The second-order valence-electron chi connectivity index (χ2n) is 4.94. The summed E-state index contributed by atoms with van der Waals surface area (Å²) < 4.78 is 1.92. The second-order valence-corrected chi connectivity index (χ2v) is 5.81. The lowest BCUT2D eigenvalue weighted by Gasteiger charge is -2.11. The van der Waals surface area contributed by atoms with Gasteiger partial charge in [-0.25, -0.2) is 4.98 Å². The SMILES string of the molecule is O=C(Cc1cn2ccsc2n1)NCC1(CO)CC1. The Morgan fingerprint density at radius 2 is 2.44 bits per heavy atom. The molecule has 96 valence electrons. The molecule has 2 aromatic rings. The normalized spacial score (nSPS) is 16.9. The number of nitrogens with one attached hydrogen (secondary N) is 1. The smallest absolute Gasteiger partial charge is 0.226 e. The van der Waals surface area contributed by atoms with E-state index in [1.54, 1.807) is 11.3 Å². The number of aromatic nitrogens is 2. The molecule has 18 heavy (non-hydrogen) atoms. The average Bonchev–Trinajstić information content (AvgIpc) is 2.86. The molecule has 0 saturated heterocycles. The van der Waals surface area contributed by atoms with Crippen LogP contribution >= 0.6 is 11.3 Å². The number of thiazole rings is 1. The van der Waals surface area contributed by atoms with E-state index >= 15 is 0 Å². The Morgan fingerprint density at radius 3 is 3.11 bits per heavy atom. The van der Waals surface area contributed by atoms with Crippen molar-refractivity contribution in [1.29, 1.82) is 0 Å². The topological polar surface area (TPSA) is 66.6 Å². The maximum absolute atomic E-state index is 11.8. The number of hydrogen-bond acceptors (Lipinski definition) is 4. The van der Waals surface area contributed by atoms with E-state index in [-0.39, 0.29) is 17.9 Å². The van der Waals surface area contributed by atoms with Gasteiger partial charge in [0.2, 0.25) is 5.91 Å². The molecular formula is C12H15N3O2S. The van der Waals surface area contributed by atoms with Crippen LogP contribution in [0.25, 0.3) is 4.96 Å². The molecule has 0 aliphatic heterocycles. The van der Waals surface area contributed by atoms with Crippen LogP contribution in [0, 0.1) is 5.41 Å². The van der Waals surface area contributed by atoms with Gasteiger partial charge in [-0.15, -0.1) is 11.3 Å². The summed E-state index contributed by atoms with van der Waals surface area (Å²) in [6.07, 6.45) is 6.12. The predicted octanol–water partition coefficient (Wildman–Crippen LogP) is 0.827. The molecular weight excluding hydrogens is 250 g/mol. The summed E-state index contributed by atoms with van der Waals surface area (Å²) in [5, 5.41) is 14.0. The first-order valence-electron chi connectivity index (χ1n) is 5.99. The van der Waals surface area contributed by atoms with Crippen LogP contribution in [0.2, 0.25) is 0 Å². The van der Waals surface area contributed by atoms with Crippen molar-refractivity contribution in [2.75, 3.05) is 13.2 Å². The number of amides is 1. The summed E-state index contributed by atoms with van der Waals surface area (Å²) in [6, 6.07) is 0. The molecule has 2 heterocycles. The standard InChI is InChI=1S/C12H15N3O2S/c16-8-12(1-2-12)7-13-10(17)5-9-6-15-3-4-18-11(15)14-9/h3-4,6,16H,1-2,5,7-8H2,(H,13,17). The number of nitrogens with zero attached hydrogens (tertiary/aromatic N) is 2. The van der Waals surface area contributed by atoms with Crippen LogP contribution in [0.3, 0.4) is 0 Å². The van der Waals surface area contributed by atoms with Crippen LogP contribution in [-0.2, 0) is 11.2 Å². The minimum Gasteiger partial charge on any atom is -0.396 e. The fourth-order valence-electron chi connectivity index (χ4n) is 1.94. The fraction of sp³-hybridized carbons (Fsp3) is 0.500. The van der Waals surface area contributed by atoms with E-state index < -0.39 is 0 Å². The summed E-state index contributed by atoms with van der Waals surface area (Å²) in [7, 11) is 0. The van der Waals surface area contributed by atoms with Gasteiger partial charge in [0.15, 0.2) is 4.96 Å². The maximum Gasteiger partial charge on any atom is 0.226 e. The number of aliphatic hydroxyl groups is 1. The molecule has 0 atom stereocenters. The van der Waals surface area contributed by atoms with Crippen LogP contribution in [0.5, 0.6) is 0 Å². The van der Waals surface area contributed by atoms with Crippen molar-refractivity contribution in [2.45, 2.75) is 19.3 Å². The van der Waals surface area contributed by atoms with Gasteiger partial charge in [0.25, 0.3) is 0 Å². The Morgan fingerprint density at radius 1 is 1.61 bits per heavy atom. The fourth-order valence-corrected chi connectivity index (χ4v) is 2.66. The zero-order valence-electron chi connectivity index (χ0n) is 9.93. The highest BCUT2D eigenvalue weighted by atomic mass is 32.1. The number of carbonyl (C=O) groups excluding carboxylic acids is 1. The van der Waals surface area contributed by atoms with E-state index in [0.717, 1.165) is 23.5 Å². The third-order valence-electron chi connectivity index (χ3n) is 3.44. The van der Waals surface area contributed by atoms with Crippen molar-refractivity contribution in [3.05, 3.63) is 23.5 Å². The number of aliphatic hydroxyl groups excluding tert-OH is 1. The van der Waals surface area contributed by atoms with Crippen molar-refractivity contribution in [3.8, 4) is 0 Å². The van der Waals surface area contributed by atoms with E-state index in [1.165, 1.54) is 0 Å². The summed E-state index contributed by atoms with van der Waals surface area (Å²) in [5.41, 5.74) is 0.748. The largest absolute Gasteiger partial charge is 0.396 e.